The van der Waals surface area contributed by atoms with E-state index in [1.54, 1.807) is 6.07 Å². The molecule has 3 nitrogen and oxygen atoms in total. The van der Waals surface area contributed by atoms with Crippen molar-refractivity contribution in [2.24, 2.45) is 0 Å². The molecule has 0 fully saturated rings. The summed E-state index contributed by atoms with van der Waals surface area (Å²) in [5.74, 6) is -0.0306. The van der Waals surface area contributed by atoms with Gasteiger partial charge >= 0.3 is 0 Å². The predicted molar refractivity (Wildman–Crippen MR) is 72.5 cm³/mol. The van der Waals surface area contributed by atoms with Crippen molar-refractivity contribution in [3.05, 3.63) is 29.6 Å². The van der Waals surface area contributed by atoms with Crippen molar-refractivity contribution in [3.8, 4) is 5.75 Å². The number of rotatable bonds is 6. The minimum Gasteiger partial charge on any atom is -0.494 e. The standard InChI is InChI=1S/C14H23FN2O/c1-10(17(3)4)9-16-11(2)12-6-7-14(18-5)13(15)8-12/h6-8,10-11,16H,9H2,1-5H3. The Labute approximate surface area is 109 Å². The first-order valence-corrected chi connectivity index (χ1v) is 6.19. The molecule has 1 aromatic carbocycles. The van der Waals surface area contributed by atoms with Crippen LogP contribution in [0.3, 0.4) is 0 Å². The van der Waals surface area contributed by atoms with E-state index in [0.717, 1.165) is 12.1 Å². The molecule has 0 aliphatic carbocycles. The van der Waals surface area contributed by atoms with Crippen molar-refractivity contribution in [1.29, 1.82) is 0 Å². The Morgan fingerprint density at radius 1 is 1.33 bits per heavy atom. The number of nitrogens with zero attached hydrogens (tertiary/aromatic N) is 1. The maximum absolute atomic E-state index is 13.6. The van der Waals surface area contributed by atoms with Crippen molar-refractivity contribution in [2.75, 3.05) is 27.7 Å². The number of hydrogen-bond donors (Lipinski definition) is 1. The van der Waals surface area contributed by atoms with Crippen molar-refractivity contribution in [3.63, 3.8) is 0 Å². The maximum Gasteiger partial charge on any atom is 0.165 e. The summed E-state index contributed by atoms with van der Waals surface area (Å²) >= 11 is 0. The Morgan fingerprint density at radius 2 is 2.00 bits per heavy atom. The molecule has 2 atom stereocenters. The molecule has 0 aromatic heterocycles. The molecule has 0 bridgehead atoms. The summed E-state index contributed by atoms with van der Waals surface area (Å²) in [4.78, 5) is 2.15. The monoisotopic (exact) mass is 254 g/mol. The third kappa shape index (κ3) is 3.96. The van der Waals surface area contributed by atoms with Gasteiger partial charge in [0.25, 0.3) is 0 Å². The van der Waals surface area contributed by atoms with E-state index in [-0.39, 0.29) is 17.6 Å². The fourth-order valence-electron chi connectivity index (χ4n) is 1.60. The zero-order valence-corrected chi connectivity index (χ0v) is 11.8. The third-order valence-electron chi connectivity index (χ3n) is 3.28. The number of nitrogens with one attached hydrogen (secondary N) is 1. The minimum atomic E-state index is -0.315. The highest BCUT2D eigenvalue weighted by Gasteiger charge is 2.11. The Bertz CT molecular complexity index is 382. The highest BCUT2D eigenvalue weighted by molar-refractivity contribution is 5.30. The molecule has 0 spiro atoms. The van der Waals surface area contributed by atoms with Crippen LogP contribution in [0.4, 0.5) is 4.39 Å². The summed E-state index contributed by atoms with van der Waals surface area (Å²) in [7, 11) is 5.56. The Balaban J connectivity index is 2.61. The van der Waals surface area contributed by atoms with Crippen LogP contribution in [0, 0.1) is 5.82 Å². The van der Waals surface area contributed by atoms with Gasteiger partial charge in [-0.15, -0.1) is 0 Å². The average Bonchev–Trinajstić information content (AvgIpc) is 2.35. The highest BCUT2D eigenvalue weighted by Crippen LogP contribution is 2.21. The van der Waals surface area contributed by atoms with E-state index in [4.69, 9.17) is 4.74 Å². The van der Waals surface area contributed by atoms with Crippen LogP contribution in [0.25, 0.3) is 0 Å². The molecule has 0 aliphatic rings. The fraction of sp³-hybridized carbons (Fsp3) is 0.571. The van der Waals surface area contributed by atoms with E-state index in [9.17, 15) is 4.39 Å². The second-order valence-corrected chi connectivity index (χ2v) is 4.84. The topological polar surface area (TPSA) is 24.5 Å². The lowest BCUT2D eigenvalue weighted by Gasteiger charge is -2.23. The summed E-state index contributed by atoms with van der Waals surface area (Å²) in [5.41, 5.74) is 0.930. The van der Waals surface area contributed by atoms with Crippen molar-refractivity contribution in [1.82, 2.24) is 10.2 Å². The summed E-state index contributed by atoms with van der Waals surface area (Å²) in [5, 5.41) is 3.40. The number of ether oxygens (including phenoxy) is 1. The van der Waals surface area contributed by atoms with E-state index in [2.05, 4.69) is 17.1 Å². The summed E-state index contributed by atoms with van der Waals surface area (Å²) in [6.07, 6.45) is 0. The van der Waals surface area contributed by atoms with Gasteiger partial charge < -0.3 is 15.0 Å². The Hall–Kier alpha value is -1.13. The van der Waals surface area contributed by atoms with Crippen LogP contribution in [0.15, 0.2) is 18.2 Å². The fourth-order valence-corrected chi connectivity index (χ4v) is 1.60. The molecule has 0 saturated heterocycles. The van der Waals surface area contributed by atoms with Gasteiger partial charge in [0.15, 0.2) is 11.6 Å². The van der Waals surface area contributed by atoms with Crippen molar-refractivity contribution >= 4 is 0 Å². The van der Waals surface area contributed by atoms with Crippen molar-refractivity contribution in [2.45, 2.75) is 25.9 Å². The first-order valence-electron chi connectivity index (χ1n) is 6.19. The molecule has 18 heavy (non-hydrogen) atoms. The average molecular weight is 254 g/mol. The van der Waals surface area contributed by atoms with E-state index >= 15 is 0 Å². The third-order valence-corrected chi connectivity index (χ3v) is 3.28. The molecule has 1 aromatic rings. The second-order valence-electron chi connectivity index (χ2n) is 4.84. The van der Waals surface area contributed by atoms with Gasteiger partial charge in [-0.25, -0.2) is 4.39 Å². The highest BCUT2D eigenvalue weighted by atomic mass is 19.1. The predicted octanol–water partition coefficient (Wildman–Crippen LogP) is 2.44. The van der Waals surface area contributed by atoms with Crippen LogP contribution >= 0.6 is 0 Å². The number of likely N-dealkylation sites (N-methyl/N-ethyl adjacent to an activating group) is 1. The first kappa shape index (κ1) is 14.9. The van der Waals surface area contributed by atoms with Gasteiger partial charge in [-0.3, -0.25) is 0 Å². The van der Waals surface area contributed by atoms with E-state index in [0.29, 0.717) is 6.04 Å². The van der Waals surface area contributed by atoms with Gasteiger partial charge in [0.05, 0.1) is 7.11 Å². The van der Waals surface area contributed by atoms with Crippen LogP contribution in [0.5, 0.6) is 5.75 Å². The SMILES string of the molecule is COc1ccc(C(C)NCC(C)N(C)C)cc1F. The summed E-state index contributed by atoms with van der Waals surface area (Å²) in [6, 6.07) is 5.64. The van der Waals surface area contributed by atoms with Crippen LogP contribution in [0.1, 0.15) is 25.5 Å². The maximum atomic E-state index is 13.6. The van der Waals surface area contributed by atoms with Crippen LogP contribution in [-0.4, -0.2) is 38.7 Å². The molecule has 102 valence electrons. The number of methoxy groups -OCH3 is 1. The molecule has 0 radical (unpaired) electrons. The smallest absolute Gasteiger partial charge is 0.165 e. The molecule has 0 aliphatic heterocycles. The molecule has 1 N–H and O–H groups in total. The van der Waals surface area contributed by atoms with E-state index < -0.39 is 0 Å². The molecular weight excluding hydrogens is 231 g/mol. The van der Waals surface area contributed by atoms with Crippen molar-refractivity contribution < 1.29 is 9.13 Å². The van der Waals surface area contributed by atoms with Gasteiger partial charge in [0, 0.05) is 18.6 Å². The zero-order valence-electron chi connectivity index (χ0n) is 11.8. The van der Waals surface area contributed by atoms with Crippen LogP contribution in [0.2, 0.25) is 0 Å². The summed E-state index contributed by atoms with van der Waals surface area (Å²) < 4.78 is 18.5. The first-order chi connectivity index (χ1) is 8.45. The molecule has 0 saturated carbocycles. The summed E-state index contributed by atoms with van der Waals surface area (Å²) in [6.45, 7) is 5.04. The normalized spacial score (nSPS) is 14.6. The number of benzene rings is 1. The Kier molecular flexibility index (Phi) is 5.56. The lowest BCUT2D eigenvalue weighted by atomic mass is 10.1. The molecular formula is C14H23FN2O. The van der Waals surface area contributed by atoms with E-state index in [1.807, 2.05) is 27.1 Å². The van der Waals surface area contributed by atoms with Crippen LogP contribution in [-0.2, 0) is 0 Å². The van der Waals surface area contributed by atoms with Gasteiger partial charge in [-0.1, -0.05) is 6.07 Å². The molecule has 0 amide bonds. The lowest BCUT2D eigenvalue weighted by molar-refractivity contribution is 0.295. The van der Waals surface area contributed by atoms with Gasteiger partial charge in [-0.2, -0.15) is 0 Å². The van der Waals surface area contributed by atoms with E-state index in [1.165, 1.54) is 13.2 Å². The lowest BCUT2D eigenvalue weighted by Crippen LogP contribution is -2.36. The molecule has 4 heteroatoms. The second kappa shape index (κ2) is 6.71. The molecule has 2 unspecified atom stereocenters. The largest absolute Gasteiger partial charge is 0.494 e. The number of hydrogen-bond acceptors (Lipinski definition) is 3. The van der Waals surface area contributed by atoms with Gasteiger partial charge in [0.1, 0.15) is 0 Å². The van der Waals surface area contributed by atoms with Gasteiger partial charge in [-0.05, 0) is 45.6 Å². The molecule has 0 heterocycles. The molecule has 1 rings (SSSR count). The Morgan fingerprint density at radius 3 is 2.50 bits per heavy atom. The number of halogens is 1. The van der Waals surface area contributed by atoms with Gasteiger partial charge in [0.2, 0.25) is 0 Å². The minimum absolute atomic E-state index is 0.118. The van der Waals surface area contributed by atoms with Crippen LogP contribution < -0.4 is 10.1 Å². The quantitative estimate of drug-likeness (QED) is 0.844. The zero-order chi connectivity index (χ0) is 13.7.